The van der Waals surface area contributed by atoms with E-state index in [2.05, 4.69) is 15.9 Å². The van der Waals surface area contributed by atoms with Crippen LogP contribution in [0.1, 0.15) is 30.1 Å². The van der Waals surface area contributed by atoms with E-state index in [-0.39, 0.29) is 24.4 Å². The Morgan fingerprint density at radius 3 is 2.90 bits per heavy atom. The molecule has 1 saturated heterocycles. The standard InChI is InChI=1S/C14H18BrClN2O.ClH/c1-9(17)10-4-3-7-18(8-10)14(19)11-5-2-6-12(15)13(11)16;/h2,5-6,9-10H,3-4,7-8,17H2,1H3;1H. The molecule has 3 nitrogen and oxygen atoms in total. The van der Waals surface area contributed by atoms with Crippen molar-refractivity contribution in [1.82, 2.24) is 4.90 Å². The summed E-state index contributed by atoms with van der Waals surface area (Å²) in [5.74, 6) is 0.375. The predicted molar refractivity (Wildman–Crippen MR) is 88.7 cm³/mol. The van der Waals surface area contributed by atoms with Crippen molar-refractivity contribution in [2.45, 2.75) is 25.8 Å². The molecule has 1 aromatic carbocycles. The third-order valence-corrected chi connectivity index (χ3v) is 4.97. The minimum Gasteiger partial charge on any atom is -0.338 e. The van der Waals surface area contributed by atoms with Crippen LogP contribution in [0.15, 0.2) is 22.7 Å². The van der Waals surface area contributed by atoms with Crippen LogP contribution in [0.25, 0.3) is 0 Å². The molecule has 0 bridgehead atoms. The lowest BCUT2D eigenvalue weighted by atomic mass is 9.92. The molecular formula is C14H19BrCl2N2O. The Hall–Kier alpha value is -0.290. The molecule has 1 fully saturated rings. The number of piperidine rings is 1. The van der Waals surface area contributed by atoms with Crippen LogP contribution in [0, 0.1) is 5.92 Å². The number of nitrogens with zero attached hydrogens (tertiary/aromatic N) is 1. The van der Waals surface area contributed by atoms with Crippen molar-refractivity contribution in [3.05, 3.63) is 33.3 Å². The van der Waals surface area contributed by atoms with Gasteiger partial charge < -0.3 is 10.6 Å². The number of carbonyl (C=O) groups is 1. The zero-order valence-electron chi connectivity index (χ0n) is 11.3. The summed E-state index contributed by atoms with van der Waals surface area (Å²) in [6, 6.07) is 5.55. The normalized spacial score (nSPS) is 20.2. The van der Waals surface area contributed by atoms with E-state index in [1.807, 2.05) is 24.0 Å². The Kier molecular flexibility index (Phi) is 6.79. The number of rotatable bonds is 2. The van der Waals surface area contributed by atoms with Crippen LogP contribution in [0.3, 0.4) is 0 Å². The van der Waals surface area contributed by atoms with E-state index in [9.17, 15) is 4.79 Å². The summed E-state index contributed by atoms with van der Waals surface area (Å²) in [7, 11) is 0. The summed E-state index contributed by atoms with van der Waals surface area (Å²) in [5.41, 5.74) is 6.51. The van der Waals surface area contributed by atoms with Gasteiger partial charge in [-0.25, -0.2) is 0 Å². The molecule has 1 aliphatic rings. The number of halogens is 3. The molecule has 0 aromatic heterocycles. The Balaban J connectivity index is 0.00000200. The van der Waals surface area contributed by atoms with Crippen LogP contribution in [-0.4, -0.2) is 29.9 Å². The molecule has 2 unspecified atom stereocenters. The van der Waals surface area contributed by atoms with Crippen LogP contribution in [0.4, 0.5) is 0 Å². The number of amides is 1. The van der Waals surface area contributed by atoms with Gasteiger partial charge in [0.2, 0.25) is 0 Å². The molecule has 2 atom stereocenters. The molecule has 20 heavy (non-hydrogen) atoms. The first-order valence-electron chi connectivity index (χ1n) is 6.49. The van der Waals surface area contributed by atoms with Gasteiger partial charge in [0.05, 0.1) is 10.6 Å². The molecule has 1 aromatic rings. The van der Waals surface area contributed by atoms with Crippen LogP contribution in [0.2, 0.25) is 5.02 Å². The van der Waals surface area contributed by atoms with E-state index in [1.54, 1.807) is 6.07 Å². The van der Waals surface area contributed by atoms with Gasteiger partial charge in [0.15, 0.2) is 0 Å². The van der Waals surface area contributed by atoms with Gasteiger partial charge in [0.25, 0.3) is 5.91 Å². The Labute approximate surface area is 139 Å². The van der Waals surface area contributed by atoms with Crippen molar-refractivity contribution in [2.75, 3.05) is 13.1 Å². The summed E-state index contributed by atoms with van der Waals surface area (Å²) >= 11 is 9.54. The molecule has 2 N–H and O–H groups in total. The maximum atomic E-state index is 12.5. The maximum absolute atomic E-state index is 12.5. The molecule has 6 heteroatoms. The van der Waals surface area contributed by atoms with E-state index < -0.39 is 0 Å². The fourth-order valence-electron chi connectivity index (χ4n) is 2.46. The highest BCUT2D eigenvalue weighted by atomic mass is 79.9. The lowest BCUT2D eigenvalue weighted by Gasteiger charge is -2.34. The van der Waals surface area contributed by atoms with Gasteiger partial charge in [-0.3, -0.25) is 4.79 Å². The van der Waals surface area contributed by atoms with Gasteiger partial charge in [0, 0.05) is 23.6 Å². The smallest absolute Gasteiger partial charge is 0.255 e. The van der Waals surface area contributed by atoms with E-state index in [4.69, 9.17) is 17.3 Å². The highest BCUT2D eigenvalue weighted by molar-refractivity contribution is 9.10. The van der Waals surface area contributed by atoms with Crippen LogP contribution in [0.5, 0.6) is 0 Å². The van der Waals surface area contributed by atoms with Gasteiger partial charge in [-0.2, -0.15) is 0 Å². The lowest BCUT2D eigenvalue weighted by Crippen LogP contribution is -2.45. The van der Waals surface area contributed by atoms with Gasteiger partial charge in [0.1, 0.15) is 0 Å². The summed E-state index contributed by atoms with van der Waals surface area (Å²) in [4.78, 5) is 14.4. The summed E-state index contributed by atoms with van der Waals surface area (Å²) < 4.78 is 0.751. The van der Waals surface area contributed by atoms with E-state index in [0.29, 0.717) is 16.5 Å². The van der Waals surface area contributed by atoms with E-state index in [0.717, 1.165) is 30.4 Å². The molecule has 0 spiro atoms. The molecule has 1 heterocycles. The van der Waals surface area contributed by atoms with Crippen molar-refractivity contribution in [2.24, 2.45) is 11.7 Å². The van der Waals surface area contributed by atoms with Crippen molar-refractivity contribution in [1.29, 1.82) is 0 Å². The SMILES string of the molecule is CC(N)C1CCCN(C(=O)c2cccc(Br)c2Cl)C1.Cl. The zero-order chi connectivity index (χ0) is 14.0. The average molecular weight is 382 g/mol. The predicted octanol–water partition coefficient (Wildman–Crippen LogP) is 3.72. The van der Waals surface area contributed by atoms with Crippen molar-refractivity contribution in [3.8, 4) is 0 Å². The van der Waals surface area contributed by atoms with Crippen molar-refractivity contribution >= 4 is 45.8 Å². The number of likely N-dealkylation sites (tertiary alicyclic amines) is 1. The van der Waals surface area contributed by atoms with Crippen LogP contribution >= 0.6 is 39.9 Å². The second kappa shape index (κ2) is 7.64. The molecule has 1 aliphatic heterocycles. The molecule has 1 amide bonds. The number of hydrogen-bond donors (Lipinski definition) is 1. The average Bonchev–Trinajstić information content (AvgIpc) is 2.41. The molecule has 0 aliphatic carbocycles. The third-order valence-electron chi connectivity index (χ3n) is 3.67. The van der Waals surface area contributed by atoms with Crippen molar-refractivity contribution in [3.63, 3.8) is 0 Å². The molecular weight excluding hydrogens is 363 g/mol. The second-order valence-electron chi connectivity index (χ2n) is 5.11. The Morgan fingerprint density at radius 2 is 2.25 bits per heavy atom. The van der Waals surface area contributed by atoms with Crippen molar-refractivity contribution < 1.29 is 4.79 Å². The third kappa shape index (κ3) is 3.88. The number of nitrogens with two attached hydrogens (primary N) is 1. The van der Waals surface area contributed by atoms with Gasteiger partial charge in [-0.05, 0) is 53.7 Å². The van der Waals surface area contributed by atoms with Gasteiger partial charge in [-0.1, -0.05) is 17.7 Å². The lowest BCUT2D eigenvalue weighted by molar-refractivity contribution is 0.0661. The molecule has 0 radical (unpaired) electrons. The number of hydrogen-bond acceptors (Lipinski definition) is 2. The zero-order valence-corrected chi connectivity index (χ0v) is 14.5. The number of benzene rings is 1. The van der Waals surface area contributed by atoms with E-state index in [1.165, 1.54) is 0 Å². The summed E-state index contributed by atoms with van der Waals surface area (Å²) in [5, 5.41) is 0.482. The minimum absolute atomic E-state index is 0. The monoisotopic (exact) mass is 380 g/mol. The Bertz CT molecular complexity index is 482. The minimum atomic E-state index is -0.00310. The molecule has 0 saturated carbocycles. The summed E-state index contributed by atoms with van der Waals surface area (Å²) in [6.45, 7) is 3.51. The largest absolute Gasteiger partial charge is 0.338 e. The summed E-state index contributed by atoms with van der Waals surface area (Å²) in [6.07, 6.45) is 2.09. The highest BCUT2D eigenvalue weighted by Crippen LogP contribution is 2.28. The highest BCUT2D eigenvalue weighted by Gasteiger charge is 2.27. The second-order valence-corrected chi connectivity index (χ2v) is 6.35. The van der Waals surface area contributed by atoms with E-state index >= 15 is 0 Å². The van der Waals surface area contributed by atoms with Crippen LogP contribution in [-0.2, 0) is 0 Å². The topological polar surface area (TPSA) is 46.3 Å². The quantitative estimate of drug-likeness (QED) is 0.848. The first-order chi connectivity index (χ1) is 9.00. The fraction of sp³-hybridized carbons (Fsp3) is 0.500. The van der Waals surface area contributed by atoms with Crippen LogP contribution < -0.4 is 5.73 Å². The molecule has 112 valence electrons. The maximum Gasteiger partial charge on any atom is 0.255 e. The van der Waals surface area contributed by atoms with Gasteiger partial charge >= 0.3 is 0 Å². The fourth-order valence-corrected chi connectivity index (χ4v) is 3.04. The van der Waals surface area contributed by atoms with Gasteiger partial charge in [-0.15, -0.1) is 12.4 Å². The first kappa shape index (κ1) is 17.8. The molecule has 2 rings (SSSR count). The Morgan fingerprint density at radius 1 is 1.55 bits per heavy atom. The number of carbonyl (C=O) groups excluding carboxylic acids is 1. The first-order valence-corrected chi connectivity index (χ1v) is 7.66.